The smallest absolute Gasteiger partial charge is 0.344 e. The summed E-state index contributed by atoms with van der Waals surface area (Å²) in [5.74, 6) is 0.0288. The number of rotatable bonds is 5. The van der Waals surface area contributed by atoms with Crippen molar-refractivity contribution in [2.45, 2.75) is 26.3 Å². The van der Waals surface area contributed by atoms with E-state index in [2.05, 4.69) is 14.4 Å². The second-order valence-corrected chi connectivity index (χ2v) is 8.51. The monoisotopic (exact) mass is 402 g/mol. The number of carbonyl (C=O) groups excluding carboxylic acids is 1. The second-order valence-electron chi connectivity index (χ2n) is 7.17. The molecule has 2 aromatic carbocycles. The topological polar surface area (TPSA) is 123 Å². The highest BCUT2D eigenvalue weighted by Crippen LogP contribution is 2.30. The number of amides is 1. The van der Waals surface area contributed by atoms with Crippen LogP contribution in [-0.2, 0) is 10.2 Å². The molecule has 0 aliphatic carbocycles. The average Bonchev–Trinajstić information content (AvgIpc) is 2.58. The molecule has 0 atom stereocenters. The number of hydrogen-bond acceptors (Lipinski definition) is 5. The molecule has 0 bridgehead atoms. The summed E-state index contributed by atoms with van der Waals surface area (Å²) < 4.78 is 35.0. The number of hydrogen-bond donors (Lipinski definition) is 3. The number of nitrogens with two attached hydrogens (primary N) is 1. The maximum absolute atomic E-state index is 12.6. The first-order valence-corrected chi connectivity index (χ1v) is 10.0. The highest BCUT2D eigenvalue weighted by atomic mass is 32.2. The van der Waals surface area contributed by atoms with Crippen LogP contribution in [0, 0.1) is 6.92 Å². The minimum atomic E-state index is -3.86. The molecule has 2 aromatic rings. The molecule has 8 nitrogen and oxygen atoms in total. The number of anilines is 1. The van der Waals surface area contributed by atoms with E-state index < -0.39 is 15.7 Å². The van der Waals surface area contributed by atoms with Gasteiger partial charge in [0.1, 0.15) is 12.4 Å². The molecule has 1 aliphatic rings. The summed E-state index contributed by atoms with van der Waals surface area (Å²) in [6.07, 6.45) is 0. The number of aryl methyl sites for hydroxylation is 1. The molecule has 9 heteroatoms. The summed E-state index contributed by atoms with van der Waals surface area (Å²) in [7, 11) is -3.86. The maximum atomic E-state index is 12.6. The van der Waals surface area contributed by atoms with Crippen LogP contribution in [0.4, 0.5) is 5.69 Å². The lowest BCUT2D eigenvalue weighted by Crippen LogP contribution is -2.48. The van der Waals surface area contributed by atoms with Crippen molar-refractivity contribution in [3.63, 3.8) is 0 Å². The Morgan fingerprint density at radius 3 is 2.64 bits per heavy atom. The van der Waals surface area contributed by atoms with Gasteiger partial charge in [-0.25, -0.2) is 0 Å². The lowest BCUT2D eigenvalue weighted by molar-refractivity contribution is 0.0880. The Kier molecular flexibility index (Phi) is 5.03. The zero-order chi connectivity index (χ0) is 20.5. The van der Waals surface area contributed by atoms with E-state index >= 15 is 0 Å². The van der Waals surface area contributed by atoms with Crippen molar-refractivity contribution in [2.24, 2.45) is 10.1 Å². The molecule has 1 amide bonds. The highest BCUT2D eigenvalue weighted by molar-refractivity contribution is 7.91. The summed E-state index contributed by atoms with van der Waals surface area (Å²) in [5, 5.41) is 2.95. The van der Waals surface area contributed by atoms with Gasteiger partial charge >= 0.3 is 10.2 Å². The van der Waals surface area contributed by atoms with Gasteiger partial charge in [-0.05, 0) is 44.5 Å². The molecule has 0 unspecified atom stereocenters. The number of fused-ring (bicyclic) bond motifs is 1. The van der Waals surface area contributed by atoms with Crippen molar-refractivity contribution in [3.05, 3.63) is 59.2 Å². The summed E-state index contributed by atoms with van der Waals surface area (Å²) in [6.45, 7) is 5.68. The van der Waals surface area contributed by atoms with E-state index in [0.717, 1.165) is 5.56 Å². The van der Waals surface area contributed by atoms with Crippen LogP contribution in [-0.4, -0.2) is 32.3 Å². The Labute approximate surface area is 164 Å². The summed E-state index contributed by atoms with van der Waals surface area (Å²) >= 11 is 0. The highest BCUT2D eigenvalue weighted by Gasteiger charge is 2.27. The van der Waals surface area contributed by atoms with Crippen LogP contribution in [0.3, 0.4) is 0 Å². The van der Waals surface area contributed by atoms with Crippen LogP contribution >= 0.6 is 0 Å². The lowest BCUT2D eigenvalue weighted by atomic mass is 10.0. The minimum absolute atomic E-state index is 0.140. The molecular weight excluding hydrogens is 380 g/mol. The zero-order valence-electron chi connectivity index (χ0n) is 15.8. The SMILES string of the molecule is Cc1ccccc1C(=O)NC(C)(C)COc1cccc2c1C(N)=NS(=O)(=O)N2. The Morgan fingerprint density at radius 2 is 1.93 bits per heavy atom. The van der Waals surface area contributed by atoms with Gasteiger partial charge in [0.2, 0.25) is 0 Å². The summed E-state index contributed by atoms with van der Waals surface area (Å²) in [4.78, 5) is 12.6. The van der Waals surface area contributed by atoms with Crippen molar-refractivity contribution >= 4 is 27.6 Å². The maximum Gasteiger partial charge on any atom is 0.344 e. The van der Waals surface area contributed by atoms with E-state index in [9.17, 15) is 13.2 Å². The van der Waals surface area contributed by atoms with Crippen LogP contribution in [0.1, 0.15) is 35.3 Å². The molecule has 1 heterocycles. The minimum Gasteiger partial charge on any atom is -0.490 e. The largest absolute Gasteiger partial charge is 0.490 e. The third kappa shape index (κ3) is 4.25. The van der Waals surface area contributed by atoms with Gasteiger partial charge in [0, 0.05) is 5.56 Å². The van der Waals surface area contributed by atoms with Crippen LogP contribution < -0.4 is 20.5 Å². The fourth-order valence-electron chi connectivity index (χ4n) is 2.83. The first-order chi connectivity index (χ1) is 13.1. The molecule has 1 aliphatic heterocycles. The van der Waals surface area contributed by atoms with Crippen LogP contribution in [0.2, 0.25) is 0 Å². The van der Waals surface area contributed by atoms with E-state index in [-0.39, 0.29) is 18.3 Å². The van der Waals surface area contributed by atoms with Crippen molar-refractivity contribution in [1.29, 1.82) is 0 Å². The first-order valence-electron chi connectivity index (χ1n) is 8.60. The van der Waals surface area contributed by atoms with E-state index in [0.29, 0.717) is 22.6 Å². The number of carbonyl (C=O) groups is 1. The number of benzene rings is 2. The fourth-order valence-corrected chi connectivity index (χ4v) is 3.68. The predicted molar refractivity (Wildman–Crippen MR) is 108 cm³/mol. The Balaban J connectivity index is 1.76. The Bertz CT molecular complexity index is 1060. The zero-order valence-corrected chi connectivity index (χ0v) is 16.6. The van der Waals surface area contributed by atoms with Crippen molar-refractivity contribution in [3.8, 4) is 5.75 Å². The second kappa shape index (κ2) is 7.16. The average molecular weight is 402 g/mol. The Morgan fingerprint density at radius 1 is 1.21 bits per heavy atom. The number of ether oxygens (including phenoxy) is 1. The third-order valence-electron chi connectivity index (χ3n) is 4.17. The van der Waals surface area contributed by atoms with Gasteiger partial charge in [0.05, 0.1) is 16.8 Å². The molecule has 148 valence electrons. The summed E-state index contributed by atoms with van der Waals surface area (Å²) in [5.41, 5.74) is 7.27. The molecule has 0 aromatic heterocycles. The summed E-state index contributed by atoms with van der Waals surface area (Å²) in [6, 6.07) is 12.2. The standard InChI is InChI=1S/C19H22N4O4S/c1-12-7-4-5-8-13(12)18(24)21-19(2,3)11-27-15-10-6-9-14-16(15)17(20)23-28(25,26)22-14/h4-10,22H,11H2,1-3H3,(H2,20,23)(H,21,24). The van der Waals surface area contributed by atoms with E-state index in [1.54, 1.807) is 24.3 Å². The van der Waals surface area contributed by atoms with E-state index in [1.165, 1.54) is 0 Å². The Hall–Kier alpha value is -3.07. The number of nitrogens with zero attached hydrogens (tertiary/aromatic N) is 1. The molecule has 4 N–H and O–H groups in total. The molecule has 0 saturated carbocycles. The van der Waals surface area contributed by atoms with Crippen molar-refractivity contribution in [1.82, 2.24) is 5.32 Å². The van der Waals surface area contributed by atoms with Gasteiger partial charge in [-0.3, -0.25) is 9.52 Å². The van der Waals surface area contributed by atoms with E-state index in [4.69, 9.17) is 10.5 Å². The fraction of sp³-hybridized carbons (Fsp3) is 0.263. The first kappa shape index (κ1) is 19.7. The van der Waals surface area contributed by atoms with Gasteiger partial charge in [-0.15, -0.1) is 4.40 Å². The molecule has 0 saturated heterocycles. The molecular formula is C19H22N4O4S. The van der Waals surface area contributed by atoms with Gasteiger partial charge in [-0.2, -0.15) is 8.42 Å². The number of amidine groups is 1. The van der Waals surface area contributed by atoms with Gasteiger partial charge in [0.15, 0.2) is 5.84 Å². The van der Waals surface area contributed by atoms with Crippen molar-refractivity contribution < 1.29 is 17.9 Å². The van der Waals surface area contributed by atoms with Gasteiger partial charge in [0.25, 0.3) is 5.91 Å². The number of nitrogens with one attached hydrogen (secondary N) is 2. The molecule has 0 spiro atoms. The van der Waals surface area contributed by atoms with E-state index in [1.807, 2.05) is 39.0 Å². The molecule has 3 rings (SSSR count). The normalized spacial score (nSPS) is 15.0. The third-order valence-corrected chi connectivity index (χ3v) is 5.08. The van der Waals surface area contributed by atoms with Crippen molar-refractivity contribution in [2.75, 3.05) is 11.3 Å². The van der Waals surface area contributed by atoms with Crippen LogP contribution in [0.15, 0.2) is 46.9 Å². The lowest BCUT2D eigenvalue weighted by Gasteiger charge is -2.28. The quantitative estimate of drug-likeness (QED) is 0.705. The van der Waals surface area contributed by atoms with Gasteiger partial charge in [-0.1, -0.05) is 24.3 Å². The van der Waals surface area contributed by atoms with Crippen LogP contribution in [0.25, 0.3) is 0 Å². The predicted octanol–water partition coefficient (Wildman–Crippen LogP) is 1.96. The molecule has 28 heavy (non-hydrogen) atoms. The molecule has 0 fully saturated rings. The van der Waals surface area contributed by atoms with Crippen LogP contribution in [0.5, 0.6) is 5.75 Å². The molecule has 0 radical (unpaired) electrons. The van der Waals surface area contributed by atoms with Gasteiger partial charge < -0.3 is 15.8 Å².